The van der Waals surface area contributed by atoms with Crippen molar-refractivity contribution < 1.29 is 4.74 Å². The molecule has 1 aromatic heterocycles. The summed E-state index contributed by atoms with van der Waals surface area (Å²) in [6.45, 7) is 3.72. The Hall–Kier alpha value is -1.25. The zero-order valence-corrected chi connectivity index (χ0v) is 10.6. The fourth-order valence-electron chi connectivity index (χ4n) is 2.37. The molecule has 94 valence electrons. The molecule has 3 heteroatoms. The number of hydrogen-bond acceptors (Lipinski definition) is 3. The molecular weight excluding hydrogens is 212 g/mol. The maximum Gasteiger partial charge on any atom is 0.213 e. The van der Waals surface area contributed by atoms with E-state index in [2.05, 4.69) is 10.3 Å². The lowest BCUT2D eigenvalue weighted by Crippen LogP contribution is -2.17. The Morgan fingerprint density at radius 2 is 2.12 bits per heavy atom. The molecule has 0 unspecified atom stereocenters. The van der Waals surface area contributed by atoms with Crippen LogP contribution in [-0.4, -0.2) is 18.1 Å². The summed E-state index contributed by atoms with van der Waals surface area (Å²) < 4.78 is 5.32. The number of pyridine rings is 1. The third-order valence-electron chi connectivity index (χ3n) is 3.35. The number of anilines is 1. The molecule has 2 rings (SSSR count). The van der Waals surface area contributed by atoms with E-state index in [0.717, 1.165) is 18.2 Å². The van der Waals surface area contributed by atoms with Gasteiger partial charge in [-0.25, -0.2) is 4.98 Å². The molecule has 1 aliphatic rings. The second-order valence-corrected chi connectivity index (χ2v) is 4.70. The summed E-state index contributed by atoms with van der Waals surface area (Å²) in [4.78, 5) is 4.25. The van der Waals surface area contributed by atoms with Crippen LogP contribution in [0, 0.1) is 5.92 Å². The van der Waals surface area contributed by atoms with Gasteiger partial charge in [0.05, 0.1) is 18.5 Å². The fraction of sp³-hybridized carbons (Fsp3) is 0.643. The minimum absolute atomic E-state index is 0.669. The smallest absolute Gasteiger partial charge is 0.213 e. The molecule has 0 atom stereocenters. The zero-order chi connectivity index (χ0) is 11.9. The second-order valence-electron chi connectivity index (χ2n) is 4.70. The predicted molar refractivity (Wildman–Crippen MR) is 70.5 cm³/mol. The van der Waals surface area contributed by atoms with Crippen LogP contribution in [0.5, 0.6) is 5.88 Å². The van der Waals surface area contributed by atoms with Crippen molar-refractivity contribution in [3.8, 4) is 5.88 Å². The van der Waals surface area contributed by atoms with Crippen molar-refractivity contribution in [3.05, 3.63) is 18.3 Å². The third-order valence-corrected chi connectivity index (χ3v) is 3.35. The van der Waals surface area contributed by atoms with Crippen LogP contribution in [0.3, 0.4) is 0 Å². The first-order valence-corrected chi connectivity index (χ1v) is 6.71. The Morgan fingerprint density at radius 3 is 2.76 bits per heavy atom. The molecular formula is C14H22N2O. The molecule has 0 saturated heterocycles. The molecule has 0 bridgehead atoms. The van der Waals surface area contributed by atoms with Gasteiger partial charge >= 0.3 is 0 Å². The Kier molecular flexibility index (Phi) is 4.65. The van der Waals surface area contributed by atoms with Crippen LogP contribution in [0.4, 0.5) is 5.69 Å². The van der Waals surface area contributed by atoms with Crippen molar-refractivity contribution in [2.45, 2.75) is 39.0 Å². The molecule has 1 fully saturated rings. The van der Waals surface area contributed by atoms with E-state index in [4.69, 9.17) is 4.74 Å². The van der Waals surface area contributed by atoms with Gasteiger partial charge in [-0.2, -0.15) is 0 Å². The maximum atomic E-state index is 5.32. The Balaban J connectivity index is 1.77. The molecule has 1 N–H and O–H groups in total. The number of ether oxygens (including phenoxy) is 1. The number of aromatic nitrogens is 1. The van der Waals surface area contributed by atoms with Crippen LogP contribution in [0.25, 0.3) is 0 Å². The van der Waals surface area contributed by atoms with E-state index in [0.29, 0.717) is 12.5 Å². The number of rotatable bonds is 5. The van der Waals surface area contributed by atoms with Crippen LogP contribution < -0.4 is 10.1 Å². The number of nitrogens with one attached hydrogen (secondary N) is 1. The van der Waals surface area contributed by atoms with Crippen molar-refractivity contribution >= 4 is 5.69 Å². The standard InChI is InChI=1S/C14H22N2O/c1-2-17-14-9-8-13(11-16-14)15-10-12-6-4-3-5-7-12/h8-9,11-12,15H,2-7,10H2,1H3. The van der Waals surface area contributed by atoms with Crippen LogP contribution in [0.2, 0.25) is 0 Å². The van der Waals surface area contributed by atoms with Crippen molar-refractivity contribution in [2.75, 3.05) is 18.5 Å². The quantitative estimate of drug-likeness (QED) is 0.847. The lowest BCUT2D eigenvalue weighted by Gasteiger charge is -2.22. The first kappa shape index (κ1) is 12.2. The van der Waals surface area contributed by atoms with Gasteiger partial charge in [0.25, 0.3) is 0 Å². The second kappa shape index (κ2) is 6.48. The van der Waals surface area contributed by atoms with Crippen molar-refractivity contribution in [1.82, 2.24) is 4.98 Å². The average molecular weight is 234 g/mol. The Bertz CT molecular complexity index is 317. The third kappa shape index (κ3) is 3.91. The van der Waals surface area contributed by atoms with Gasteiger partial charge in [-0.15, -0.1) is 0 Å². The zero-order valence-electron chi connectivity index (χ0n) is 10.6. The van der Waals surface area contributed by atoms with Gasteiger partial charge in [-0.1, -0.05) is 19.3 Å². The van der Waals surface area contributed by atoms with E-state index in [1.807, 2.05) is 25.3 Å². The van der Waals surface area contributed by atoms with Crippen molar-refractivity contribution in [2.24, 2.45) is 5.92 Å². The summed E-state index contributed by atoms with van der Waals surface area (Å²) in [6.07, 6.45) is 8.81. The molecule has 0 amide bonds. The van der Waals surface area contributed by atoms with Crippen molar-refractivity contribution in [3.63, 3.8) is 0 Å². The van der Waals surface area contributed by atoms with E-state index < -0.39 is 0 Å². The summed E-state index contributed by atoms with van der Waals surface area (Å²) in [5.41, 5.74) is 1.10. The summed E-state index contributed by atoms with van der Waals surface area (Å²) in [7, 11) is 0. The maximum absolute atomic E-state index is 5.32. The van der Waals surface area contributed by atoms with E-state index in [1.165, 1.54) is 32.1 Å². The van der Waals surface area contributed by atoms with Gasteiger partial charge < -0.3 is 10.1 Å². The molecule has 1 aromatic rings. The van der Waals surface area contributed by atoms with Gasteiger partial charge in [0.2, 0.25) is 5.88 Å². The highest BCUT2D eigenvalue weighted by Crippen LogP contribution is 2.24. The molecule has 0 aliphatic heterocycles. The number of nitrogens with zero attached hydrogens (tertiary/aromatic N) is 1. The molecule has 17 heavy (non-hydrogen) atoms. The van der Waals surface area contributed by atoms with E-state index in [1.54, 1.807) is 0 Å². The first-order chi connectivity index (χ1) is 8.38. The minimum Gasteiger partial charge on any atom is -0.478 e. The Morgan fingerprint density at radius 1 is 1.29 bits per heavy atom. The van der Waals surface area contributed by atoms with Gasteiger partial charge in [0, 0.05) is 12.6 Å². The van der Waals surface area contributed by atoms with Gasteiger partial charge in [0.1, 0.15) is 0 Å². The van der Waals surface area contributed by atoms with Gasteiger partial charge in [-0.3, -0.25) is 0 Å². The lowest BCUT2D eigenvalue weighted by molar-refractivity contribution is 0.327. The minimum atomic E-state index is 0.669. The van der Waals surface area contributed by atoms with Crippen LogP contribution in [0.15, 0.2) is 18.3 Å². The van der Waals surface area contributed by atoms with Crippen LogP contribution >= 0.6 is 0 Å². The predicted octanol–water partition coefficient (Wildman–Crippen LogP) is 3.47. The first-order valence-electron chi connectivity index (χ1n) is 6.71. The summed E-state index contributed by atoms with van der Waals surface area (Å²) in [5, 5.41) is 3.47. The number of hydrogen-bond donors (Lipinski definition) is 1. The summed E-state index contributed by atoms with van der Waals surface area (Å²) in [5.74, 6) is 1.55. The Labute approximate surface area is 104 Å². The molecule has 1 aliphatic carbocycles. The van der Waals surface area contributed by atoms with Crippen molar-refractivity contribution in [1.29, 1.82) is 0 Å². The largest absolute Gasteiger partial charge is 0.478 e. The van der Waals surface area contributed by atoms with E-state index >= 15 is 0 Å². The highest BCUT2D eigenvalue weighted by molar-refractivity contribution is 5.41. The highest BCUT2D eigenvalue weighted by Gasteiger charge is 2.12. The van der Waals surface area contributed by atoms with Gasteiger partial charge in [0.15, 0.2) is 0 Å². The lowest BCUT2D eigenvalue weighted by atomic mass is 9.89. The average Bonchev–Trinajstić information content (AvgIpc) is 2.40. The molecule has 3 nitrogen and oxygen atoms in total. The van der Waals surface area contributed by atoms with E-state index in [-0.39, 0.29) is 0 Å². The molecule has 1 heterocycles. The summed E-state index contributed by atoms with van der Waals surface area (Å²) in [6, 6.07) is 3.97. The molecule has 0 radical (unpaired) electrons. The fourth-order valence-corrected chi connectivity index (χ4v) is 2.37. The normalized spacial score (nSPS) is 16.8. The topological polar surface area (TPSA) is 34.1 Å². The molecule has 1 saturated carbocycles. The van der Waals surface area contributed by atoms with Gasteiger partial charge in [-0.05, 0) is 31.7 Å². The van der Waals surface area contributed by atoms with Crippen LogP contribution in [0.1, 0.15) is 39.0 Å². The summed E-state index contributed by atoms with van der Waals surface area (Å²) >= 11 is 0. The van der Waals surface area contributed by atoms with Crippen LogP contribution in [-0.2, 0) is 0 Å². The SMILES string of the molecule is CCOc1ccc(NCC2CCCCC2)cn1. The highest BCUT2D eigenvalue weighted by atomic mass is 16.5. The molecule has 0 spiro atoms. The molecule has 0 aromatic carbocycles. The monoisotopic (exact) mass is 234 g/mol. The van der Waals surface area contributed by atoms with E-state index in [9.17, 15) is 0 Å².